The fourth-order valence-electron chi connectivity index (χ4n) is 3.71. The molecule has 2 aliphatic rings. The first-order valence-electron chi connectivity index (χ1n) is 7.40. The van der Waals surface area contributed by atoms with E-state index in [0.29, 0.717) is 0 Å². The van der Waals surface area contributed by atoms with Crippen molar-refractivity contribution in [2.45, 2.75) is 63.5 Å². The van der Waals surface area contributed by atoms with Crippen LogP contribution < -0.4 is 5.32 Å². The number of carboxylic acids is 1. The van der Waals surface area contributed by atoms with Crippen LogP contribution in [0.4, 0.5) is 0 Å². The number of carboxylic acid groups (broad SMARTS) is 1. The molecule has 1 saturated heterocycles. The first-order chi connectivity index (χ1) is 8.69. The lowest BCUT2D eigenvalue weighted by Crippen LogP contribution is -2.66. The molecule has 2 rings (SSSR count). The van der Waals surface area contributed by atoms with Gasteiger partial charge >= 0.3 is 5.97 Å². The van der Waals surface area contributed by atoms with Gasteiger partial charge in [-0.1, -0.05) is 32.6 Å². The summed E-state index contributed by atoms with van der Waals surface area (Å²) in [4.78, 5) is 13.9. The molecule has 1 aliphatic carbocycles. The van der Waals surface area contributed by atoms with Crippen LogP contribution in [0, 0.1) is 0 Å². The maximum absolute atomic E-state index is 11.6. The van der Waals surface area contributed by atoms with Crippen molar-refractivity contribution in [1.29, 1.82) is 0 Å². The Morgan fingerprint density at radius 3 is 2.72 bits per heavy atom. The molecule has 1 saturated carbocycles. The van der Waals surface area contributed by atoms with E-state index in [1.807, 2.05) is 0 Å². The SMILES string of the molecule is CCCC(C(=O)O)N1CCNCC12CCCCC2. The van der Waals surface area contributed by atoms with Crippen LogP contribution in [-0.4, -0.2) is 47.2 Å². The van der Waals surface area contributed by atoms with Gasteiger partial charge in [-0.25, -0.2) is 0 Å². The van der Waals surface area contributed by atoms with Crippen LogP contribution >= 0.6 is 0 Å². The molecular formula is C14H26N2O2. The zero-order chi connectivity index (χ0) is 13.0. The van der Waals surface area contributed by atoms with Gasteiger partial charge in [-0.05, 0) is 19.3 Å². The maximum atomic E-state index is 11.6. The molecule has 1 heterocycles. The Hall–Kier alpha value is -0.610. The molecule has 1 unspecified atom stereocenters. The molecule has 2 fully saturated rings. The highest BCUT2D eigenvalue weighted by molar-refractivity contribution is 5.73. The van der Waals surface area contributed by atoms with Gasteiger partial charge in [0, 0.05) is 25.2 Å². The van der Waals surface area contributed by atoms with Crippen molar-refractivity contribution in [2.24, 2.45) is 0 Å². The van der Waals surface area contributed by atoms with Gasteiger partial charge < -0.3 is 10.4 Å². The molecule has 4 heteroatoms. The number of nitrogens with one attached hydrogen (secondary N) is 1. The third kappa shape index (κ3) is 2.69. The molecule has 0 aromatic rings. The molecule has 2 N–H and O–H groups in total. The van der Waals surface area contributed by atoms with Gasteiger partial charge in [-0.15, -0.1) is 0 Å². The van der Waals surface area contributed by atoms with Crippen LogP contribution in [0.15, 0.2) is 0 Å². The van der Waals surface area contributed by atoms with Crippen molar-refractivity contribution in [3.8, 4) is 0 Å². The first-order valence-corrected chi connectivity index (χ1v) is 7.40. The van der Waals surface area contributed by atoms with Gasteiger partial charge in [-0.2, -0.15) is 0 Å². The van der Waals surface area contributed by atoms with Crippen molar-refractivity contribution in [2.75, 3.05) is 19.6 Å². The highest BCUT2D eigenvalue weighted by Crippen LogP contribution is 2.36. The van der Waals surface area contributed by atoms with Crippen LogP contribution in [0.25, 0.3) is 0 Å². The molecule has 1 atom stereocenters. The Labute approximate surface area is 110 Å². The molecule has 4 nitrogen and oxygen atoms in total. The first kappa shape index (κ1) is 13.8. The number of rotatable bonds is 4. The highest BCUT2D eigenvalue weighted by Gasteiger charge is 2.44. The third-order valence-electron chi connectivity index (χ3n) is 4.60. The highest BCUT2D eigenvalue weighted by atomic mass is 16.4. The minimum atomic E-state index is -0.635. The van der Waals surface area contributed by atoms with Crippen molar-refractivity contribution in [3.63, 3.8) is 0 Å². The monoisotopic (exact) mass is 254 g/mol. The Balaban J connectivity index is 2.17. The van der Waals surface area contributed by atoms with Gasteiger partial charge in [0.15, 0.2) is 0 Å². The van der Waals surface area contributed by atoms with Crippen LogP contribution in [0.5, 0.6) is 0 Å². The van der Waals surface area contributed by atoms with E-state index < -0.39 is 5.97 Å². The molecule has 0 radical (unpaired) electrons. The minimum Gasteiger partial charge on any atom is -0.480 e. The van der Waals surface area contributed by atoms with Gasteiger partial charge in [0.1, 0.15) is 6.04 Å². The summed E-state index contributed by atoms with van der Waals surface area (Å²) in [6.07, 6.45) is 7.84. The quantitative estimate of drug-likeness (QED) is 0.804. The van der Waals surface area contributed by atoms with Crippen LogP contribution in [-0.2, 0) is 4.79 Å². The second-order valence-corrected chi connectivity index (χ2v) is 5.80. The molecule has 18 heavy (non-hydrogen) atoms. The number of hydrogen-bond acceptors (Lipinski definition) is 3. The second kappa shape index (κ2) is 6.02. The van der Waals surface area contributed by atoms with E-state index in [9.17, 15) is 9.90 Å². The zero-order valence-electron chi connectivity index (χ0n) is 11.5. The fraction of sp³-hybridized carbons (Fsp3) is 0.929. The summed E-state index contributed by atoms with van der Waals surface area (Å²) in [5.74, 6) is -0.635. The number of piperazine rings is 1. The Morgan fingerprint density at radius 2 is 2.11 bits per heavy atom. The van der Waals surface area contributed by atoms with E-state index in [0.717, 1.165) is 45.3 Å². The van der Waals surface area contributed by atoms with Crippen LogP contribution in [0.1, 0.15) is 51.9 Å². The smallest absolute Gasteiger partial charge is 0.320 e. The Morgan fingerprint density at radius 1 is 1.39 bits per heavy atom. The summed E-state index contributed by atoms with van der Waals surface area (Å²) in [5.41, 5.74) is 0.120. The largest absolute Gasteiger partial charge is 0.480 e. The molecular weight excluding hydrogens is 228 g/mol. The molecule has 104 valence electrons. The molecule has 0 bridgehead atoms. The van der Waals surface area contributed by atoms with E-state index in [2.05, 4.69) is 17.1 Å². The fourth-order valence-corrected chi connectivity index (χ4v) is 3.71. The van der Waals surface area contributed by atoms with E-state index in [4.69, 9.17) is 0 Å². The number of nitrogens with zero attached hydrogens (tertiary/aromatic N) is 1. The average Bonchev–Trinajstić information content (AvgIpc) is 2.38. The van der Waals surface area contributed by atoms with E-state index >= 15 is 0 Å². The molecule has 0 amide bonds. The predicted octanol–water partition coefficient (Wildman–Crippen LogP) is 1.85. The van der Waals surface area contributed by atoms with Crippen molar-refractivity contribution >= 4 is 5.97 Å². The zero-order valence-corrected chi connectivity index (χ0v) is 11.5. The number of hydrogen-bond donors (Lipinski definition) is 2. The number of carbonyl (C=O) groups is 1. The predicted molar refractivity (Wildman–Crippen MR) is 71.7 cm³/mol. The summed E-state index contributed by atoms with van der Waals surface area (Å²) in [6, 6.07) is -0.282. The summed E-state index contributed by atoms with van der Waals surface area (Å²) in [7, 11) is 0. The standard InChI is InChI=1S/C14H26N2O2/c1-2-6-12(13(17)18)16-10-9-15-11-14(16)7-4-3-5-8-14/h12,15H,2-11H2,1H3,(H,17,18). The lowest BCUT2D eigenvalue weighted by Gasteiger charge is -2.52. The minimum absolute atomic E-state index is 0.120. The lowest BCUT2D eigenvalue weighted by atomic mass is 9.78. The topological polar surface area (TPSA) is 52.6 Å². The summed E-state index contributed by atoms with van der Waals surface area (Å²) in [5, 5.41) is 13.0. The van der Waals surface area contributed by atoms with E-state index in [1.165, 1.54) is 19.3 Å². The molecule has 0 aromatic carbocycles. The normalized spacial score (nSPS) is 26.1. The maximum Gasteiger partial charge on any atom is 0.320 e. The van der Waals surface area contributed by atoms with Gasteiger partial charge in [0.05, 0.1) is 0 Å². The molecule has 0 aromatic heterocycles. The lowest BCUT2D eigenvalue weighted by molar-refractivity contribution is -0.148. The Kier molecular flexibility index (Phi) is 4.62. The van der Waals surface area contributed by atoms with Gasteiger partial charge in [0.2, 0.25) is 0 Å². The Bertz CT molecular complexity index is 279. The number of aliphatic carboxylic acids is 1. The van der Waals surface area contributed by atoms with Gasteiger partial charge in [0.25, 0.3) is 0 Å². The van der Waals surface area contributed by atoms with Crippen LogP contribution in [0.3, 0.4) is 0 Å². The molecule has 1 spiro atoms. The van der Waals surface area contributed by atoms with Crippen LogP contribution in [0.2, 0.25) is 0 Å². The van der Waals surface area contributed by atoms with E-state index in [-0.39, 0.29) is 11.6 Å². The van der Waals surface area contributed by atoms with E-state index in [1.54, 1.807) is 0 Å². The second-order valence-electron chi connectivity index (χ2n) is 5.80. The third-order valence-corrected chi connectivity index (χ3v) is 4.60. The van der Waals surface area contributed by atoms with Gasteiger partial charge in [-0.3, -0.25) is 9.69 Å². The average molecular weight is 254 g/mol. The van der Waals surface area contributed by atoms with Crippen molar-refractivity contribution in [3.05, 3.63) is 0 Å². The van der Waals surface area contributed by atoms with Crippen molar-refractivity contribution in [1.82, 2.24) is 10.2 Å². The summed E-state index contributed by atoms with van der Waals surface area (Å²) < 4.78 is 0. The summed E-state index contributed by atoms with van der Waals surface area (Å²) in [6.45, 7) is 4.86. The summed E-state index contributed by atoms with van der Waals surface area (Å²) >= 11 is 0. The molecule has 1 aliphatic heterocycles. The van der Waals surface area contributed by atoms with Crippen molar-refractivity contribution < 1.29 is 9.90 Å².